The minimum absolute atomic E-state index is 0.478. The fourth-order valence-corrected chi connectivity index (χ4v) is 2.33. The van der Waals surface area contributed by atoms with Gasteiger partial charge in [0.1, 0.15) is 0 Å². The number of aromatic nitrogens is 1. The van der Waals surface area contributed by atoms with Crippen LogP contribution in [-0.4, -0.2) is 11.5 Å². The molecule has 0 aliphatic rings. The summed E-state index contributed by atoms with van der Waals surface area (Å²) < 4.78 is 0. The molecule has 0 amide bonds. The highest BCUT2D eigenvalue weighted by atomic mass is 35.5. The fraction of sp³-hybridized carbons (Fsp3) is 0.267. The Morgan fingerprint density at radius 3 is 2.61 bits per heavy atom. The molecule has 2 nitrogen and oxygen atoms in total. The molecule has 2 rings (SSSR count). The van der Waals surface area contributed by atoms with Crippen molar-refractivity contribution in [3.05, 3.63) is 53.9 Å². The third-order valence-electron chi connectivity index (χ3n) is 3.04. The molecule has 0 aliphatic heterocycles. The molecule has 3 heteroatoms. The van der Waals surface area contributed by atoms with Gasteiger partial charge in [0, 0.05) is 35.9 Å². The molecule has 18 heavy (non-hydrogen) atoms. The Kier molecular flexibility index (Phi) is 4.21. The Morgan fingerprint density at radius 1 is 1.17 bits per heavy atom. The van der Waals surface area contributed by atoms with Crippen LogP contribution >= 0.6 is 11.6 Å². The third-order valence-corrected chi connectivity index (χ3v) is 3.32. The van der Waals surface area contributed by atoms with E-state index in [9.17, 15) is 0 Å². The maximum absolute atomic E-state index is 5.99. The number of nitrogens with zero attached hydrogens (tertiary/aromatic N) is 2. The lowest BCUT2D eigenvalue weighted by Gasteiger charge is -2.26. The molecular formula is C15H17ClN2. The molecule has 1 aromatic carbocycles. The average Bonchev–Trinajstić information content (AvgIpc) is 2.42. The number of aryl methyl sites for hydroxylation is 1. The van der Waals surface area contributed by atoms with Crippen LogP contribution in [0, 0.1) is 6.92 Å². The summed E-state index contributed by atoms with van der Waals surface area (Å²) in [7, 11) is 0. The highest BCUT2D eigenvalue weighted by Gasteiger charge is 2.12. The molecule has 0 bridgehead atoms. The first kappa shape index (κ1) is 12.9. The Hall–Kier alpha value is -1.54. The summed E-state index contributed by atoms with van der Waals surface area (Å²) in [5.41, 5.74) is 4.68. The summed E-state index contributed by atoms with van der Waals surface area (Å²) in [6.07, 6.45) is 3.65. The van der Waals surface area contributed by atoms with E-state index in [-0.39, 0.29) is 0 Å². The van der Waals surface area contributed by atoms with Crippen molar-refractivity contribution >= 4 is 23.0 Å². The number of benzene rings is 1. The van der Waals surface area contributed by atoms with Crippen molar-refractivity contribution in [2.45, 2.75) is 19.7 Å². The van der Waals surface area contributed by atoms with E-state index in [0.29, 0.717) is 5.88 Å². The summed E-state index contributed by atoms with van der Waals surface area (Å²) in [4.78, 5) is 6.41. The number of pyridine rings is 1. The molecule has 2 aromatic rings. The molecule has 1 aromatic heterocycles. The van der Waals surface area contributed by atoms with Gasteiger partial charge < -0.3 is 4.90 Å². The van der Waals surface area contributed by atoms with E-state index in [1.165, 1.54) is 11.3 Å². The standard InChI is InChI=1S/C15H17ClN2/c1-3-18(14-7-5-4-6-12(14)2)15-8-9-17-11-13(15)10-16/h4-9,11H,3,10H2,1-2H3. The lowest BCUT2D eigenvalue weighted by atomic mass is 10.1. The van der Waals surface area contributed by atoms with Crippen LogP contribution in [0.2, 0.25) is 0 Å². The van der Waals surface area contributed by atoms with Crippen LogP contribution in [0.3, 0.4) is 0 Å². The van der Waals surface area contributed by atoms with Crippen LogP contribution in [-0.2, 0) is 5.88 Å². The van der Waals surface area contributed by atoms with E-state index in [1.54, 1.807) is 0 Å². The Balaban J connectivity index is 2.49. The van der Waals surface area contributed by atoms with Gasteiger partial charge in [-0.2, -0.15) is 0 Å². The highest BCUT2D eigenvalue weighted by molar-refractivity contribution is 6.17. The molecule has 0 atom stereocenters. The summed E-state index contributed by atoms with van der Waals surface area (Å²) in [5.74, 6) is 0.478. The number of hydrogen-bond donors (Lipinski definition) is 0. The second-order valence-corrected chi connectivity index (χ2v) is 4.44. The molecule has 0 spiro atoms. The van der Waals surface area contributed by atoms with Crippen molar-refractivity contribution < 1.29 is 0 Å². The number of halogens is 1. The second-order valence-electron chi connectivity index (χ2n) is 4.17. The Bertz CT molecular complexity index is 525. The van der Waals surface area contributed by atoms with Crippen molar-refractivity contribution in [3.8, 4) is 0 Å². The van der Waals surface area contributed by atoms with E-state index < -0.39 is 0 Å². The zero-order valence-electron chi connectivity index (χ0n) is 10.7. The second kappa shape index (κ2) is 5.87. The first-order chi connectivity index (χ1) is 8.77. The lowest BCUT2D eigenvalue weighted by molar-refractivity contribution is 0.999. The average molecular weight is 261 g/mol. The normalized spacial score (nSPS) is 10.4. The third kappa shape index (κ3) is 2.49. The summed E-state index contributed by atoms with van der Waals surface area (Å²) in [6.45, 7) is 5.17. The first-order valence-electron chi connectivity index (χ1n) is 6.10. The summed E-state index contributed by atoms with van der Waals surface area (Å²) in [6, 6.07) is 10.4. The molecule has 0 saturated carbocycles. The summed E-state index contributed by atoms with van der Waals surface area (Å²) in [5, 5.41) is 0. The number of para-hydroxylation sites is 1. The number of hydrogen-bond acceptors (Lipinski definition) is 2. The van der Waals surface area contributed by atoms with Crippen LogP contribution in [0.5, 0.6) is 0 Å². The van der Waals surface area contributed by atoms with Gasteiger partial charge in [-0.1, -0.05) is 18.2 Å². The highest BCUT2D eigenvalue weighted by Crippen LogP contribution is 2.30. The van der Waals surface area contributed by atoms with Gasteiger partial charge >= 0.3 is 0 Å². The summed E-state index contributed by atoms with van der Waals surface area (Å²) >= 11 is 5.99. The van der Waals surface area contributed by atoms with Crippen LogP contribution in [0.15, 0.2) is 42.7 Å². The van der Waals surface area contributed by atoms with Gasteiger partial charge in [-0.05, 0) is 31.5 Å². The zero-order valence-corrected chi connectivity index (χ0v) is 11.5. The van der Waals surface area contributed by atoms with Gasteiger partial charge in [0.05, 0.1) is 5.88 Å². The van der Waals surface area contributed by atoms with Gasteiger partial charge in [-0.3, -0.25) is 4.98 Å². The topological polar surface area (TPSA) is 16.1 Å². The predicted octanol–water partition coefficient (Wildman–Crippen LogP) is 4.29. The van der Waals surface area contributed by atoms with Crippen LogP contribution < -0.4 is 4.90 Å². The number of rotatable bonds is 4. The molecule has 0 aliphatic carbocycles. The van der Waals surface area contributed by atoms with Crippen molar-refractivity contribution in [1.29, 1.82) is 0 Å². The molecule has 0 saturated heterocycles. The van der Waals surface area contributed by atoms with E-state index in [0.717, 1.165) is 17.8 Å². The first-order valence-corrected chi connectivity index (χ1v) is 6.63. The molecule has 1 heterocycles. The van der Waals surface area contributed by atoms with Gasteiger partial charge in [0.15, 0.2) is 0 Å². The SMILES string of the molecule is CCN(c1ccccc1C)c1ccncc1CCl. The van der Waals surface area contributed by atoms with Crippen molar-refractivity contribution in [2.75, 3.05) is 11.4 Å². The van der Waals surface area contributed by atoms with Gasteiger partial charge in [-0.15, -0.1) is 11.6 Å². The molecule has 94 valence electrons. The van der Waals surface area contributed by atoms with Gasteiger partial charge in [-0.25, -0.2) is 0 Å². The number of anilines is 2. The smallest absolute Gasteiger partial charge is 0.0510 e. The Morgan fingerprint density at radius 2 is 1.94 bits per heavy atom. The fourth-order valence-electron chi connectivity index (χ4n) is 2.12. The minimum atomic E-state index is 0.478. The van der Waals surface area contributed by atoms with Gasteiger partial charge in [0.2, 0.25) is 0 Å². The molecule has 0 radical (unpaired) electrons. The van der Waals surface area contributed by atoms with E-state index in [1.807, 2.05) is 18.5 Å². The molecule has 0 fully saturated rings. The zero-order chi connectivity index (χ0) is 13.0. The van der Waals surface area contributed by atoms with E-state index in [2.05, 4.69) is 48.0 Å². The Labute approximate surface area is 113 Å². The van der Waals surface area contributed by atoms with Crippen molar-refractivity contribution in [2.24, 2.45) is 0 Å². The molecule has 0 unspecified atom stereocenters. The lowest BCUT2D eigenvalue weighted by Crippen LogP contribution is -2.18. The monoisotopic (exact) mass is 260 g/mol. The van der Waals surface area contributed by atoms with Crippen molar-refractivity contribution in [1.82, 2.24) is 4.98 Å². The number of alkyl halides is 1. The maximum atomic E-state index is 5.99. The quantitative estimate of drug-likeness (QED) is 0.763. The predicted molar refractivity (Wildman–Crippen MR) is 77.7 cm³/mol. The largest absolute Gasteiger partial charge is 0.341 e. The minimum Gasteiger partial charge on any atom is -0.341 e. The van der Waals surface area contributed by atoms with Crippen LogP contribution in [0.4, 0.5) is 11.4 Å². The van der Waals surface area contributed by atoms with Gasteiger partial charge in [0.25, 0.3) is 0 Å². The van der Waals surface area contributed by atoms with Crippen LogP contribution in [0.1, 0.15) is 18.1 Å². The maximum Gasteiger partial charge on any atom is 0.0510 e. The van der Waals surface area contributed by atoms with Crippen LogP contribution in [0.25, 0.3) is 0 Å². The van der Waals surface area contributed by atoms with E-state index in [4.69, 9.17) is 11.6 Å². The van der Waals surface area contributed by atoms with E-state index >= 15 is 0 Å². The molecular weight excluding hydrogens is 244 g/mol. The molecule has 0 N–H and O–H groups in total. The van der Waals surface area contributed by atoms with Crippen molar-refractivity contribution in [3.63, 3.8) is 0 Å².